The third kappa shape index (κ3) is 3.35. The van der Waals surface area contributed by atoms with Crippen LogP contribution in [-0.2, 0) is 0 Å². The summed E-state index contributed by atoms with van der Waals surface area (Å²) in [6.07, 6.45) is 0.718. The van der Waals surface area contributed by atoms with Gasteiger partial charge in [-0.2, -0.15) is 0 Å². The number of nitrogens with one attached hydrogen (secondary N) is 2. The van der Waals surface area contributed by atoms with Crippen molar-refractivity contribution in [3.8, 4) is 0 Å². The first-order valence-corrected chi connectivity index (χ1v) is 5.93. The molecule has 96 valence electrons. The van der Waals surface area contributed by atoms with Crippen LogP contribution < -0.4 is 16.6 Å². The number of nitrogen functional groups attached to an aromatic ring is 1. The van der Waals surface area contributed by atoms with Gasteiger partial charge in [-0.3, -0.25) is 0 Å². The molecule has 0 radical (unpaired) electrons. The summed E-state index contributed by atoms with van der Waals surface area (Å²) >= 11 is 11.9. The maximum absolute atomic E-state index is 9.32. The molecule has 5 nitrogen and oxygen atoms in total. The van der Waals surface area contributed by atoms with E-state index in [9.17, 15) is 5.11 Å². The van der Waals surface area contributed by atoms with Gasteiger partial charge in [0.25, 0.3) is 0 Å². The molecule has 7 heteroatoms. The molecule has 1 atom stereocenters. The lowest BCUT2D eigenvalue weighted by molar-refractivity contribution is 0.218. The van der Waals surface area contributed by atoms with Gasteiger partial charge in [-0.05, 0) is 19.4 Å². The summed E-state index contributed by atoms with van der Waals surface area (Å²) in [6.45, 7) is 3.79. The van der Waals surface area contributed by atoms with Crippen LogP contribution in [-0.4, -0.2) is 22.2 Å². The van der Waals surface area contributed by atoms with Crippen molar-refractivity contribution in [2.45, 2.75) is 25.8 Å². The molecule has 5 N–H and O–H groups in total. The van der Waals surface area contributed by atoms with E-state index in [4.69, 9.17) is 29.0 Å². The van der Waals surface area contributed by atoms with E-state index < -0.39 is 5.54 Å². The van der Waals surface area contributed by atoms with Crippen LogP contribution in [0.3, 0.4) is 0 Å². The van der Waals surface area contributed by atoms with Gasteiger partial charge in [0, 0.05) is 0 Å². The molecule has 0 aliphatic carbocycles. The van der Waals surface area contributed by atoms with Gasteiger partial charge in [0.2, 0.25) is 0 Å². The van der Waals surface area contributed by atoms with Gasteiger partial charge < -0.3 is 15.8 Å². The number of aromatic nitrogens is 1. The number of nitrogens with zero attached hydrogens (tertiary/aromatic N) is 1. The lowest BCUT2D eigenvalue weighted by Crippen LogP contribution is -2.38. The van der Waals surface area contributed by atoms with Crippen molar-refractivity contribution in [3.63, 3.8) is 0 Å². The monoisotopic (exact) mass is 278 g/mol. The minimum Gasteiger partial charge on any atom is -0.394 e. The van der Waals surface area contributed by atoms with Crippen LogP contribution in [0.15, 0.2) is 6.07 Å². The first kappa shape index (κ1) is 14.3. The number of anilines is 2. The topological polar surface area (TPSA) is 83.2 Å². The van der Waals surface area contributed by atoms with Crippen molar-refractivity contribution in [1.82, 2.24) is 4.98 Å². The minimum atomic E-state index is -0.490. The van der Waals surface area contributed by atoms with Gasteiger partial charge in [-0.25, -0.2) is 10.8 Å². The molecular formula is C10H16Cl2N4O. The summed E-state index contributed by atoms with van der Waals surface area (Å²) < 4.78 is 0. The molecular weight excluding hydrogens is 263 g/mol. The van der Waals surface area contributed by atoms with Crippen LogP contribution in [0.4, 0.5) is 11.6 Å². The van der Waals surface area contributed by atoms with Crippen LogP contribution >= 0.6 is 23.2 Å². The maximum Gasteiger partial charge on any atom is 0.161 e. The summed E-state index contributed by atoms with van der Waals surface area (Å²) in [5, 5.41) is 13.1. The lowest BCUT2D eigenvalue weighted by Gasteiger charge is -2.28. The lowest BCUT2D eigenvalue weighted by atomic mass is 10.0. The number of hydrazine groups is 1. The number of nitrogens with two attached hydrogens (primary N) is 1. The standard InChI is InChI=1S/C10H16Cl2N4O/c1-3-10(2,5-17)15-8-6(11)4-7(12)9(14-8)16-13/h4,17H,3,5,13H2,1-2H3,(H2,14,15,16). The van der Waals surface area contributed by atoms with Crippen LogP contribution in [0, 0.1) is 0 Å². The molecule has 0 fully saturated rings. The van der Waals surface area contributed by atoms with Gasteiger partial charge in [0.05, 0.1) is 22.2 Å². The number of rotatable bonds is 5. The van der Waals surface area contributed by atoms with Crippen LogP contribution in [0.2, 0.25) is 10.0 Å². The van der Waals surface area contributed by atoms with Crippen molar-refractivity contribution in [3.05, 3.63) is 16.1 Å². The molecule has 0 aliphatic heterocycles. The number of pyridine rings is 1. The Hall–Kier alpha value is -0.750. The Labute approximate surface area is 110 Å². The molecule has 0 amide bonds. The quantitative estimate of drug-likeness (QED) is 0.491. The van der Waals surface area contributed by atoms with E-state index in [1.807, 2.05) is 13.8 Å². The average molecular weight is 279 g/mol. The van der Waals surface area contributed by atoms with E-state index in [0.29, 0.717) is 21.7 Å². The first-order valence-electron chi connectivity index (χ1n) is 5.17. The van der Waals surface area contributed by atoms with E-state index in [-0.39, 0.29) is 6.61 Å². The number of hydrogen-bond acceptors (Lipinski definition) is 5. The van der Waals surface area contributed by atoms with Gasteiger partial charge >= 0.3 is 0 Å². The van der Waals surface area contributed by atoms with E-state index >= 15 is 0 Å². The fourth-order valence-electron chi connectivity index (χ4n) is 1.18. The predicted octanol–water partition coefficient (Wildman–Crippen LogP) is 2.25. The Morgan fingerprint density at radius 2 is 2.00 bits per heavy atom. The maximum atomic E-state index is 9.32. The van der Waals surface area contributed by atoms with Crippen molar-refractivity contribution >= 4 is 34.8 Å². The van der Waals surface area contributed by atoms with E-state index in [0.717, 1.165) is 6.42 Å². The summed E-state index contributed by atoms with van der Waals surface area (Å²) in [6, 6.07) is 1.54. The molecule has 0 spiro atoms. The Kier molecular flexibility index (Phi) is 4.82. The molecule has 0 bridgehead atoms. The largest absolute Gasteiger partial charge is 0.394 e. The third-order valence-corrected chi connectivity index (χ3v) is 3.19. The zero-order valence-corrected chi connectivity index (χ0v) is 11.2. The zero-order chi connectivity index (χ0) is 13.1. The second-order valence-corrected chi connectivity index (χ2v) is 4.81. The molecule has 0 aliphatic rings. The summed E-state index contributed by atoms with van der Waals surface area (Å²) in [5.41, 5.74) is 1.89. The molecule has 1 aromatic rings. The van der Waals surface area contributed by atoms with Crippen LogP contribution in [0.1, 0.15) is 20.3 Å². The van der Waals surface area contributed by atoms with Gasteiger partial charge in [0.15, 0.2) is 5.82 Å². The average Bonchev–Trinajstić information content (AvgIpc) is 2.32. The highest BCUT2D eigenvalue weighted by atomic mass is 35.5. The highest BCUT2D eigenvalue weighted by Crippen LogP contribution is 2.30. The fraction of sp³-hybridized carbons (Fsp3) is 0.500. The highest BCUT2D eigenvalue weighted by molar-refractivity contribution is 6.37. The predicted molar refractivity (Wildman–Crippen MR) is 71.5 cm³/mol. The van der Waals surface area contributed by atoms with E-state index in [2.05, 4.69) is 15.7 Å². The van der Waals surface area contributed by atoms with Crippen molar-refractivity contribution in [2.24, 2.45) is 5.84 Å². The Morgan fingerprint density at radius 3 is 2.47 bits per heavy atom. The molecule has 17 heavy (non-hydrogen) atoms. The molecule has 1 rings (SSSR count). The molecule has 1 aromatic heterocycles. The van der Waals surface area contributed by atoms with Gasteiger partial charge in [0.1, 0.15) is 5.82 Å². The fourth-order valence-corrected chi connectivity index (χ4v) is 1.64. The van der Waals surface area contributed by atoms with Crippen molar-refractivity contribution in [2.75, 3.05) is 17.3 Å². The first-order chi connectivity index (χ1) is 7.95. The Balaban J connectivity index is 3.06. The highest BCUT2D eigenvalue weighted by Gasteiger charge is 2.22. The second kappa shape index (κ2) is 5.73. The molecule has 1 heterocycles. The normalized spacial score (nSPS) is 14.2. The van der Waals surface area contributed by atoms with E-state index in [1.165, 1.54) is 0 Å². The zero-order valence-electron chi connectivity index (χ0n) is 9.72. The number of aliphatic hydroxyl groups excluding tert-OH is 1. The second-order valence-electron chi connectivity index (χ2n) is 3.99. The molecule has 0 aromatic carbocycles. The number of hydrogen-bond donors (Lipinski definition) is 4. The summed E-state index contributed by atoms with van der Waals surface area (Å²) in [7, 11) is 0. The SMILES string of the molecule is CCC(C)(CO)Nc1nc(NN)c(Cl)cc1Cl. The number of halogens is 2. The third-order valence-electron chi connectivity index (χ3n) is 2.62. The Morgan fingerprint density at radius 1 is 1.41 bits per heavy atom. The van der Waals surface area contributed by atoms with Crippen molar-refractivity contribution in [1.29, 1.82) is 0 Å². The van der Waals surface area contributed by atoms with Crippen LogP contribution in [0.25, 0.3) is 0 Å². The molecule has 0 saturated carbocycles. The number of aliphatic hydroxyl groups is 1. The van der Waals surface area contributed by atoms with Gasteiger partial charge in [-0.15, -0.1) is 0 Å². The molecule has 0 saturated heterocycles. The summed E-state index contributed by atoms with van der Waals surface area (Å²) in [5.74, 6) is 6.04. The minimum absolute atomic E-state index is 0.0322. The van der Waals surface area contributed by atoms with Gasteiger partial charge in [-0.1, -0.05) is 30.1 Å². The Bertz CT molecular complexity index is 396. The summed E-state index contributed by atoms with van der Waals surface area (Å²) in [4.78, 5) is 4.15. The van der Waals surface area contributed by atoms with Crippen molar-refractivity contribution < 1.29 is 5.11 Å². The van der Waals surface area contributed by atoms with Crippen LogP contribution in [0.5, 0.6) is 0 Å². The smallest absolute Gasteiger partial charge is 0.161 e. The molecule has 1 unspecified atom stereocenters. The van der Waals surface area contributed by atoms with E-state index in [1.54, 1.807) is 6.07 Å².